The quantitative estimate of drug-likeness (QED) is 0.709. The Bertz CT molecular complexity index is 221. The van der Waals surface area contributed by atoms with E-state index < -0.39 is 6.04 Å². The van der Waals surface area contributed by atoms with Gasteiger partial charge in [-0.3, -0.25) is 4.79 Å². The molecular weight excluding hydrogens is 204 g/mol. The molecule has 4 heteroatoms. The monoisotopic (exact) mass is 228 g/mol. The molecule has 0 spiro atoms. The molecule has 1 saturated carbocycles. The molecule has 1 fully saturated rings. The van der Waals surface area contributed by atoms with Crippen LogP contribution in [0, 0.1) is 0 Å². The summed E-state index contributed by atoms with van der Waals surface area (Å²) in [5.41, 5.74) is 5.46. The second-order valence-electron chi connectivity index (χ2n) is 5.02. The van der Waals surface area contributed by atoms with Gasteiger partial charge in [-0.15, -0.1) is 0 Å². The lowest BCUT2D eigenvalue weighted by Gasteiger charge is -2.30. The highest BCUT2D eigenvalue weighted by Gasteiger charge is 2.24. The average Bonchev–Trinajstić information content (AvgIpc) is 2.20. The first-order valence-corrected chi connectivity index (χ1v) is 6.21. The minimum Gasteiger partial charge on any atom is -0.461 e. The van der Waals surface area contributed by atoms with Crippen molar-refractivity contribution >= 4 is 5.97 Å². The van der Waals surface area contributed by atoms with Gasteiger partial charge < -0.3 is 15.8 Å². The largest absolute Gasteiger partial charge is 0.461 e. The molecule has 0 aromatic rings. The van der Waals surface area contributed by atoms with Crippen molar-refractivity contribution in [3.05, 3.63) is 0 Å². The number of nitrogens with two attached hydrogens (primary N) is 1. The fourth-order valence-corrected chi connectivity index (χ4v) is 2.09. The molecule has 1 atom stereocenters. The van der Waals surface area contributed by atoms with Crippen LogP contribution in [0.1, 0.15) is 46.5 Å². The molecular formula is C12H24N2O2. The summed E-state index contributed by atoms with van der Waals surface area (Å²) in [6.45, 7) is 5.97. The van der Waals surface area contributed by atoms with E-state index in [1.165, 1.54) is 0 Å². The van der Waals surface area contributed by atoms with E-state index in [-0.39, 0.29) is 12.1 Å². The lowest BCUT2D eigenvalue weighted by Crippen LogP contribution is -2.40. The molecule has 0 amide bonds. The summed E-state index contributed by atoms with van der Waals surface area (Å²) in [7, 11) is 0. The molecule has 0 radical (unpaired) electrons. The lowest BCUT2D eigenvalue weighted by atomic mass is 9.92. The molecule has 1 aliphatic carbocycles. The van der Waals surface area contributed by atoms with Crippen molar-refractivity contribution in [3.8, 4) is 0 Å². The maximum atomic E-state index is 11.3. The molecule has 0 aromatic carbocycles. The van der Waals surface area contributed by atoms with Crippen molar-refractivity contribution in [1.29, 1.82) is 0 Å². The van der Waals surface area contributed by atoms with Crippen LogP contribution in [0.2, 0.25) is 0 Å². The van der Waals surface area contributed by atoms with E-state index in [0.29, 0.717) is 12.1 Å². The molecule has 0 saturated heterocycles. The number of carbonyl (C=O) groups is 1. The molecule has 0 bridgehead atoms. The van der Waals surface area contributed by atoms with Gasteiger partial charge in [0.25, 0.3) is 0 Å². The fourth-order valence-electron chi connectivity index (χ4n) is 2.09. The van der Waals surface area contributed by atoms with Crippen LogP contribution in [0.4, 0.5) is 0 Å². The number of hydrogen-bond donors (Lipinski definition) is 2. The lowest BCUT2D eigenvalue weighted by molar-refractivity contribution is -0.151. The van der Waals surface area contributed by atoms with Crippen LogP contribution in [-0.2, 0) is 9.53 Å². The molecule has 94 valence electrons. The Balaban J connectivity index is 2.24. The molecule has 1 aliphatic rings. The average molecular weight is 228 g/mol. The van der Waals surface area contributed by atoms with E-state index in [0.717, 1.165) is 25.7 Å². The van der Waals surface area contributed by atoms with Crippen molar-refractivity contribution in [1.82, 2.24) is 5.32 Å². The normalized spacial score (nSPS) is 27.8. The summed E-state index contributed by atoms with van der Waals surface area (Å²) in [6.07, 6.45) is 4.12. The van der Waals surface area contributed by atoms with Crippen LogP contribution in [0.3, 0.4) is 0 Å². The third kappa shape index (κ3) is 4.49. The Hall–Kier alpha value is -0.610. The second kappa shape index (κ2) is 6.21. The van der Waals surface area contributed by atoms with E-state index >= 15 is 0 Å². The molecule has 16 heavy (non-hydrogen) atoms. The molecule has 3 N–H and O–H groups in total. The van der Waals surface area contributed by atoms with E-state index in [2.05, 4.69) is 19.2 Å². The van der Waals surface area contributed by atoms with Crippen LogP contribution in [0.15, 0.2) is 0 Å². The fraction of sp³-hybridized carbons (Fsp3) is 0.917. The minimum atomic E-state index is -0.508. The Kier molecular flexibility index (Phi) is 5.22. The molecule has 1 rings (SSSR count). The minimum absolute atomic E-state index is 0.0729. The van der Waals surface area contributed by atoms with E-state index in [4.69, 9.17) is 10.5 Å². The van der Waals surface area contributed by atoms with Crippen LogP contribution in [0.5, 0.6) is 0 Å². The smallest absolute Gasteiger partial charge is 0.322 e. The Morgan fingerprint density at radius 2 is 1.81 bits per heavy atom. The molecule has 0 aliphatic heterocycles. The summed E-state index contributed by atoms with van der Waals surface area (Å²) in [4.78, 5) is 11.3. The van der Waals surface area contributed by atoms with Crippen LogP contribution < -0.4 is 11.1 Å². The van der Waals surface area contributed by atoms with Gasteiger partial charge in [0.2, 0.25) is 0 Å². The van der Waals surface area contributed by atoms with Gasteiger partial charge in [0.1, 0.15) is 12.1 Å². The summed E-state index contributed by atoms with van der Waals surface area (Å²) in [5, 5.41) is 3.51. The van der Waals surface area contributed by atoms with E-state index in [9.17, 15) is 4.79 Å². The number of ether oxygens (including phenoxy) is 1. The molecule has 0 heterocycles. The summed E-state index contributed by atoms with van der Waals surface area (Å²) >= 11 is 0. The third-order valence-electron chi connectivity index (χ3n) is 2.90. The highest BCUT2D eigenvalue weighted by molar-refractivity contribution is 5.75. The zero-order valence-corrected chi connectivity index (χ0v) is 10.5. The van der Waals surface area contributed by atoms with Crippen molar-refractivity contribution in [2.75, 3.05) is 0 Å². The summed E-state index contributed by atoms with van der Waals surface area (Å²) in [5.74, 6) is -0.278. The van der Waals surface area contributed by atoms with Gasteiger partial charge >= 0.3 is 5.97 Å². The van der Waals surface area contributed by atoms with Gasteiger partial charge in [-0.1, -0.05) is 13.8 Å². The molecule has 0 aromatic heterocycles. The van der Waals surface area contributed by atoms with Gasteiger partial charge in [-0.05, 0) is 32.6 Å². The maximum absolute atomic E-state index is 11.3. The van der Waals surface area contributed by atoms with Gasteiger partial charge in [0.15, 0.2) is 0 Å². The predicted octanol–water partition coefficient (Wildman–Crippen LogP) is 1.19. The third-order valence-corrected chi connectivity index (χ3v) is 2.90. The highest BCUT2D eigenvalue weighted by Crippen LogP contribution is 2.21. The van der Waals surface area contributed by atoms with Crippen molar-refractivity contribution < 1.29 is 9.53 Å². The zero-order valence-electron chi connectivity index (χ0n) is 10.5. The topological polar surface area (TPSA) is 64.3 Å². The van der Waals surface area contributed by atoms with Gasteiger partial charge in [0.05, 0.1) is 0 Å². The van der Waals surface area contributed by atoms with E-state index in [1.54, 1.807) is 6.92 Å². The van der Waals surface area contributed by atoms with Gasteiger partial charge in [0, 0.05) is 12.1 Å². The first-order valence-electron chi connectivity index (χ1n) is 6.21. The van der Waals surface area contributed by atoms with E-state index in [1.807, 2.05) is 0 Å². The van der Waals surface area contributed by atoms with Crippen molar-refractivity contribution in [3.63, 3.8) is 0 Å². The number of esters is 1. The number of carbonyl (C=O) groups excluding carboxylic acids is 1. The zero-order chi connectivity index (χ0) is 12.1. The maximum Gasteiger partial charge on any atom is 0.322 e. The first kappa shape index (κ1) is 13.5. The van der Waals surface area contributed by atoms with Gasteiger partial charge in [-0.25, -0.2) is 0 Å². The molecule has 4 nitrogen and oxygen atoms in total. The summed E-state index contributed by atoms with van der Waals surface area (Å²) < 4.78 is 5.31. The van der Waals surface area contributed by atoms with Gasteiger partial charge in [-0.2, -0.15) is 0 Å². The number of hydrogen-bond acceptors (Lipinski definition) is 4. The van der Waals surface area contributed by atoms with Crippen LogP contribution >= 0.6 is 0 Å². The SMILES string of the molecule is CC(C)NC1CCC(OC(=O)[C@@H](C)N)CC1. The second-order valence-corrected chi connectivity index (χ2v) is 5.02. The Morgan fingerprint density at radius 3 is 2.25 bits per heavy atom. The van der Waals surface area contributed by atoms with Crippen molar-refractivity contribution in [2.24, 2.45) is 5.73 Å². The standard InChI is InChI=1S/C12H24N2O2/c1-8(2)14-10-4-6-11(7-5-10)16-12(15)9(3)13/h8-11,14H,4-7,13H2,1-3H3/t9-,10?,11?/m1/s1. The number of rotatable bonds is 4. The first-order chi connectivity index (χ1) is 7.49. The highest BCUT2D eigenvalue weighted by atomic mass is 16.5. The Labute approximate surface area is 97.9 Å². The predicted molar refractivity (Wildman–Crippen MR) is 64.1 cm³/mol. The number of nitrogens with one attached hydrogen (secondary N) is 1. The summed E-state index contributed by atoms with van der Waals surface area (Å²) in [6, 6.07) is 0.588. The van der Waals surface area contributed by atoms with Crippen LogP contribution in [0.25, 0.3) is 0 Å². The Morgan fingerprint density at radius 1 is 1.25 bits per heavy atom. The van der Waals surface area contributed by atoms with Crippen LogP contribution in [-0.4, -0.2) is 30.2 Å². The van der Waals surface area contributed by atoms with Crippen molar-refractivity contribution in [2.45, 2.75) is 70.7 Å². The molecule has 0 unspecified atom stereocenters.